The van der Waals surface area contributed by atoms with Gasteiger partial charge in [-0.25, -0.2) is 4.79 Å². The van der Waals surface area contributed by atoms with Crippen LogP contribution in [-0.4, -0.2) is 65.3 Å². The van der Waals surface area contributed by atoms with Crippen LogP contribution in [0.1, 0.15) is 20.8 Å². The van der Waals surface area contributed by atoms with E-state index in [1.165, 1.54) is 9.80 Å². The molecular weight excluding hydrogens is 224 g/mol. The maximum absolute atomic E-state index is 11.7. The lowest BCUT2D eigenvalue weighted by atomic mass is 10.2. The van der Waals surface area contributed by atoms with Gasteiger partial charge in [-0.05, 0) is 20.8 Å². The number of nitrogens with zero attached hydrogens (tertiary/aromatic N) is 2. The number of aliphatic hydroxyl groups excluding tert-OH is 1. The van der Waals surface area contributed by atoms with Crippen molar-refractivity contribution in [2.45, 2.75) is 32.4 Å². The molecule has 1 aliphatic rings. The minimum atomic E-state index is -0.553. The number of esters is 1. The van der Waals surface area contributed by atoms with Crippen LogP contribution < -0.4 is 0 Å². The first-order chi connectivity index (χ1) is 7.74. The summed E-state index contributed by atoms with van der Waals surface area (Å²) in [5.74, 6) is -0.433. The molecule has 6 heteroatoms. The van der Waals surface area contributed by atoms with Gasteiger partial charge >= 0.3 is 12.0 Å². The molecule has 1 atom stereocenters. The van der Waals surface area contributed by atoms with E-state index in [2.05, 4.69) is 0 Å². The van der Waals surface area contributed by atoms with Gasteiger partial charge in [0.15, 0.2) is 0 Å². The molecule has 0 unspecified atom stereocenters. The zero-order valence-electron chi connectivity index (χ0n) is 10.8. The van der Waals surface area contributed by atoms with Crippen molar-refractivity contribution in [1.29, 1.82) is 0 Å². The first-order valence-corrected chi connectivity index (χ1v) is 5.59. The Morgan fingerprint density at radius 1 is 1.53 bits per heavy atom. The van der Waals surface area contributed by atoms with E-state index in [9.17, 15) is 9.59 Å². The van der Waals surface area contributed by atoms with Crippen molar-refractivity contribution in [2.75, 3.05) is 26.7 Å². The third kappa shape index (κ3) is 3.59. The van der Waals surface area contributed by atoms with E-state index in [-0.39, 0.29) is 25.2 Å². The van der Waals surface area contributed by atoms with Crippen LogP contribution >= 0.6 is 0 Å². The highest BCUT2D eigenvalue weighted by Gasteiger charge is 2.35. The maximum atomic E-state index is 11.7. The number of hydrogen-bond donors (Lipinski definition) is 1. The fourth-order valence-electron chi connectivity index (χ4n) is 1.68. The standard InChI is InChI=1S/C11H20N2O4/c1-11(2,3)17-9(15)6-13-5-8(7-14)12(4)10(13)16/h8,14H,5-7H2,1-4H3/t8-/m1/s1. The molecule has 1 N–H and O–H groups in total. The van der Waals surface area contributed by atoms with Crippen LogP contribution in [0.5, 0.6) is 0 Å². The SMILES string of the molecule is CN1C(=O)N(CC(=O)OC(C)(C)C)C[C@@H]1CO. The van der Waals surface area contributed by atoms with E-state index < -0.39 is 11.6 Å². The summed E-state index contributed by atoms with van der Waals surface area (Å²) in [7, 11) is 1.61. The average Bonchev–Trinajstić information content (AvgIpc) is 2.43. The van der Waals surface area contributed by atoms with Crippen molar-refractivity contribution in [3.8, 4) is 0 Å². The Bertz CT molecular complexity index is 311. The Hall–Kier alpha value is -1.30. The number of ether oxygens (including phenoxy) is 1. The smallest absolute Gasteiger partial charge is 0.326 e. The lowest BCUT2D eigenvalue weighted by Gasteiger charge is -2.22. The number of rotatable bonds is 3. The van der Waals surface area contributed by atoms with E-state index in [0.29, 0.717) is 6.54 Å². The lowest BCUT2D eigenvalue weighted by Crippen LogP contribution is -2.37. The van der Waals surface area contributed by atoms with Gasteiger partial charge in [-0.2, -0.15) is 0 Å². The largest absolute Gasteiger partial charge is 0.459 e. The van der Waals surface area contributed by atoms with Crippen LogP contribution in [-0.2, 0) is 9.53 Å². The normalized spacial score (nSPS) is 21.0. The summed E-state index contributed by atoms with van der Waals surface area (Å²) in [5, 5.41) is 9.06. The molecule has 0 aliphatic carbocycles. The number of aliphatic hydroxyl groups is 1. The van der Waals surface area contributed by atoms with Gasteiger partial charge in [0.2, 0.25) is 0 Å². The van der Waals surface area contributed by atoms with Crippen LogP contribution in [0.15, 0.2) is 0 Å². The van der Waals surface area contributed by atoms with Crippen molar-refractivity contribution < 1.29 is 19.4 Å². The fraction of sp³-hybridized carbons (Fsp3) is 0.818. The Morgan fingerprint density at radius 3 is 2.53 bits per heavy atom. The van der Waals surface area contributed by atoms with Crippen LogP contribution in [0, 0.1) is 0 Å². The predicted octanol–water partition coefficient (Wildman–Crippen LogP) is 0.0564. The Balaban J connectivity index is 2.53. The molecule has 1 aliphatic heterocycles. The van der Waals surface area contributed by atoms with E-state index >= 15 is 0 Å². The van der Waals surface area contributed by atoms with E-state index in [1.54, 1.807) is 27.8 Å². The van der Waals surface area contributed by atoms with Crippen molar-refractivity contribution in [1.82, 2.24) is 9.80 Å². The number of carbonyl (C=O) groups is 2. The van der Waals surface area contributed by atoms with Gasteiger partial charge in [-0.15, -0.1) is 0 Å². The summed E-state index contributed by atoms with van der Waals surface area (Å²) < 4.78 is 5.14. The summed E-state index contributed by atoms with van der Waals surface area (Å²) in [5.41, 5.74) is -0.553. The average molecular weight is 244 g/mol. The monoisotopic (exact) mass is 244 g/mol. The van der Waals surface area contributed by atoms with Crippen LogP contribution in [0.3, 0.4) is 0 Å². The molecule has 0 bridgehead atoms. The minimum absolute atomic E-state index is 0.0725. The second-order valence-electron chi connectivity index (χ2n) is 5.20. The second kappa shape index (κ2) is 4.91. The van der Waals surface area contributed by atoms with Crippen molar-refractivity contribution in [3.63, 3.8) is 0 Å². The lowest BCUT2D eigenvalue weighted by molar-refractivity contribution is -0.155. The van der Waals surface area contributed by atoms with Crippen LogP contribution in [0.2, 0.25) is 0 Å². The van der Waals surface area contributed by atoms with E-state index in [0.717, 1.165) is 0 Å². The molecule has 0 radical (unpaired) electrons. The molecule has 2 amide bonds. The molecule has 98 valence electrons. The molecule has 0 spiro atoms. The molecule has 1 fully saturated rings. The highest BCUT2D eigenvalue weighted by Crippen LogP contribution is 2.14. The van der Waals surface area contributed by atoms with Gasteiger partial charge < -0.3 is 19.6 Å². The molecule has 6 nitrogen and oxygen atoms in total. The fourth-order valence-corrected chi connectivity index (χ4v) is 1.68. The van der Waals surface area contributed by atoms with E-state index in [4.69, 9.17) is 9.84 Å². The minimum Gasteiger partial charge on any atom is -0.459 e. The number of hydrogen-bond acceptors (Lipinski definition) is 4. The number of likely N-dealkylation sites (N-methyl/N-ethyl adjacent to an activating group) is 1. The molecule has 0 aromatic carbocycles. The Kier molecular flexibility index (Phi) is 3.98. The van der Waals surface area contributed by atoms with Gasteiger partial charge in [0.05, 0.1) is 12.6 Å². The molecule has 1 heterocycles. The van der Waals surface area contributed by atoms with E-state index in [1.807, 2.05) is 0 Å². The second-order valence-corrected chi connectivity index (χ2v) is 5.20. The summed E-state index contributed by atoms with van der Waals surface area (Å²) >= 11 is 0. The van der Waals surface area contributed by atoms with Crippen molar-refractivity contribution in [3.05, 3.63) is 0 Å². The number of urea groups is 1. The van der Waals surface area contributed by atoms with Crippen LogP contribution in [0.25, 0.3) is 0 Å². The maximum Gasteiger partial charge on any atom is 0.326 e. The molecule has 17 heavy (non-hydrogen) atoms. The summed E-state index contributed by atoms with van der Waals surface area (Å²) in [4.78, 5) is 26.1. The van der Waals surface area contributed by atoms with Gasteiger partial charge in [0.25, 0.3) is 0 Å². The summed E-state index contributed by atoms with van der Waals surface area (Å²) in [6, 6.07) is -0.500. The zero-order valence-corrected chi connectivity index (χ0v) is 10.8. The Morgan fingerprint density at radius 2 is 2.12 bits per heavy atom. The first-order valence-electron chi connectivity index (χ1n) is 5.59. The molecule has 1 rings (SSSR count). The topological polar surface area (TPSA) is 70.1 Å². The Labute approximate surface area is 101 Å². The van der Waals surface area contributed by atoms with Crippen molar-refractivity contribution >= 4 is 12.0 Å². The third-order valence-corrected chi connectivity index (χ3v) is 2.50. The quantitative estimate of drug-likeness (QED) is 0.712. The molecular formula is C11H20N2O4. The molecule has 0 aromatic rings. The predicted molar refractivity (Wildman–Crippen MR) is 61.5 cm³/mol. The first kappa shape index (κ1) is 13.8. The molecule has 0 saturated carbocycles. The zero-order chi connectivity index (χ0) is 13.2. The highest BCUT2D eigenvalue weighted by molar-refractivity contribution is 5.82. The molecule has 0 aromatic heterocycles. The van der Waals surface area contributed by atoms with Gasteiger partial charge in [-0.1, -0.05) is 0 Å². The number of carbonyl (C=O) groups excluding carboxylic acids is 2. The third-order valence-electron chi connectivity index (χ3n) is 2.50. The van der Waals surface area contributed by atoms with Gasteiger partial charge in [-0.3, -0.25) is 4.79 Å². The summed E-state index contributed by atoms with van der Waals surface area (Å²) in [6.07, 6.45) is 0. The van der Waals surface area contributed by atoms with Gasteiger partial charge in [0.1, 0.15) is 12.1 Å². The van der Waals surface area contributed by atoms with Crippen molar-refractivity contribution in [2.24, 2.45) is 0 Å². The number of amides is 2. The summed E-state index contributed by atoms with van der Waals surface area (Å²) in [6.45, 7) is 5.51. The molecule has 1 saturated heterocycles. The van der Waals surface area contributed by atoms with Gasteiger partial charge in [0, 0.05) is 13.6 Å². The van der Waals surface area contributed by atoms with Crippen LogP contribution in [0.4, 0.5) is 4.79 Å². The highest BCUT2D eigenvalue weighted by atomic mass is 16.6.